The molecule has 2 aliphatic heterocycles. The summed E-state index contributed by atoms with van der Waals surface area (Å²) in [6.07, 6.45) is 2.83. The summed E-state index contributed by atoms with van der Waals surface area (Å²) in [5.41, 5.74) is 2.22. The van der Waals surface area contributed by atoms with E-state index in [0.717, 1.165) is 54.2 Å². The lowest BCUT2D eigenvalue weighted by atomic mass is 10.0. The number of aryl methyl sites for hydroxylation is 1. The summed E-state index contributed by atoms with van der Waals surface area (Å²) in [4.78, 5) is 14.8. The van der Waals surface area contributed by atoms with Gasteiger partial charge in [-0.3, -0.25) is 4.79 Å². The number of carbonyl (C=O) groups excluding carboxylic acids is 1. The lowest BCUT2D eigenvalue weighted by molar-refractivity contribution is -0.134. The Morgan fingerprint density at radius 1 is 1.15 bits per heavy atom. The summed E-state index contributed by atoms with van der Waals surface area (Å²) in [6.45, 7) is 4.06. The van der Waals surface area contributed by atoms with Crippen LogP contribution in [0.3, 0.4) is 0 Å². The van der Waals surface area contributed by atoms with Gasteiger partial charge in [-0.25, -0.2) is 0 Å². The lowest BCUT2D eigenvalue weighted by Gasteiger charge is -2.27. The number of fused-ring (bicyclic) bond motifs is 1. The molecule has 0 aliphatic carbocycles. The average Bonchev–Trinajstić information content (AvgIpc) is 3.22. The molecule has 142 valence electrons. The van der Waals surface area contributed by atoms with Crippen molar-refractivity contribution in [3.63, 3.8) is 0 Å². The second kappa shape index (κ2) is 7.91. The first kappa shape index (κ1) is 17.7. The normalized spacial score (nSPS) is 18.4. The Hall–Kier alpha value is -2.69. The van der Waals surface area contributed by atoms with Crippen molar-refractivity contribution in [2.24, 2.45) is 0 Å². The van der Waals surface area contributed by atoms with E-state index in [9.17, 15) is 4.79 Å². The van der Waals surface area contributed by atoms with Gasteiger partial charge in [0, 0.05) is 6.54 Å². The minimum absolute atomic E-state index is 0.0262. The largest absolute Gasteiger partial charge is 0.486 e. The van der Waals surface area contributed by atoms with Crippen LogP contribution in [0.15, 0.2) is 42.5 Å². The molecule has 4 rings (SSSR count). The summed E-state index contributed by atoms with van der Waals surface area (Å²) in [5, 5.41) is 0. The number of hydrogen-bond donors (Lipinski definition) is 0. The van der Waals surface area contributed by atoms with Crippen molar-refractivity contribution in [3.8, 4) is 17.2 Å². The van der Waals surface area contributed by atoms with Gasteiger partial charge in [0.25, 0.3) is 5.91 Å². The maximum atomic E-state index is 12.8. The Labute approximate surface area is 159 Å². The molecule has 2 aromatic rings. The second-order valence-electron chi connectivity index (χ2n) is 6.90. The van der Waals surface area contributed by atoms with Crippen molar-refractivity contribution in [2.45, 2.75) is 32.2 Å². The SMILES string of the molecule is CCc1ccccc1OCC(=O)N1CCCC1c1ccc2c(c1)OCCO2. The standard InChI is InChI=1S/C22H25NO4/c1-2-16-6-3-4-8-19(16)27-15-22(24)23-11-5-7-18(23)17-9-10-20-21(14-17)26-13-12-25-20/h3-4,6,8-10,14,18H,2,5,7,11-13,15H2,1H3. The lowest BCUT2D eigenvalue weighted by Crippen LogP contribution is -2.34. The zero-order valence-corrected chi connectivity index (χ0v) is 15.6. The molecule has 1 amide bonds. The molecule has 0 N–H and O–H groups in total. The number of amides is 1. The molecule has 27 heavy (non-hydrogen) atoms. The van der Waals surface area contributed by atoms with E-state index in [1.807, 2.05) is 47.4 Å². The van der Waals surface area contributed by atoms with E-state index in [2.05, 4.69) is 6.92 Å². The van der Waals surface area contributed by atoms with Crippen molar-refractivity contribution in [3.05, 3.63) is 53.6 Å². The highest BCUT2D eigenvalue weighted by Gasteiger charge is 2.31. The van der Waals surface area contributed by atoms with Crippen molar-refractivity contribution < 1.29 is 19.0 Å². The third-order valence-electron chi connectivity index (χ3n) is 5.23. The van der Waals surface area contributed by atoms with E-state index in [4.69, 9.17) is 14.2 Å². The van der Waals surface area contributed by atoms with Gasteiger partial charge < -0.3 is 19.1 Å². The van der Waals surface area contributed by atoms with E-state index in [-0.39, 0.29) is 18.6 Å². The molecule has 0 aromatic heterocycles. The Morgan fingerprint density at radius 2 is 1.96 bits per heavy atom. The van der Waals surface area contributed by atoms with Crippen LogP contribution < -0.4 is 14.2 Å². The molecule has 0 spiro atoms. The molecular formula is C22H25NO4. The first-order valence-corrected chi connectivity index (χ1v) is 9.66. The fraction of sp³-hybridized carbons (Fsp3) is 0.409. The van der Waals surface area contributed by atoms with Crippen LogP contribution in [-0.2, 0) is 11.2 Å². The molecule has 2 aliphatic rings. The van der Waals surface area contributed by atoms with Gasteiger partial charge >= 0.3 is 0 Å². The van der Waals surface area contributed by atoms with Crippen LogP contribution in [0.2, 0.25) is 0 Å². The maximum absolute atomic E-state index is 12.8. The first-order valence-electron chi connectivity index (χ1n) is 9.66. The van der Waals surface area contributed by atoms with Crippen molar-refractivity contribution in [1.82, 2.24) is 4.90 Å². The number of rotatable bonds is 5. The average molecular weight is 367 g/mol. The van der Waals surface area contributed by atoms with Crippen LogP contribution in [0.4, 0.5) is 0 Å². The zero-order chi connectivity index (χ0) is 18.6. The molecule has 0 saturated carbocycles. The number of carbonyl (C=O) groups is 1. The summed E-state index contributed by atoms with van der Waals surface area (Å²) >= 11 is 0. The molecule has 2 heterocycles. The van der Waals surface area contributed by atoms with E-state index in [1.165, 1.54) is 0 Å². The number of benzene rings is 2. The Balaban J connectivity index is 1.45. The van der Waals surface area contributed by atoms with Crippen LogP contribution >= 0.6 is 0 Å². The predicted octanol–water partition coefficient (Wildman–Crippen LogP) is 3.76. The van der Waals surface area contributed by atoms with E-state index in [0.29, 0.717) is 13.2 Å². The topological polar surface area (TPSA) is 48.0 Å². The third-order valence-corrected chi connectivity index (χ3v) is 5.23. The van der Waals surface area contributed by atoms with E-state index in [1.54, 1.807) is 0 Å². The van der Waals surface area contributed by atoms with Crippen molar-refractivity contribution >= 4 is 5.91 Å². The van der Waals surface area contributed by atoms with Crippen molar-refractivity contribution in [1.29, 1.82) is 0 Å². The molecule has 1 saturated heterocycles. The summed E-state index contributed by atoms with van der Waals surface area (Å²) in [5.74, 6) is 2.37. The molecule has 5 nitrogen and oxygen atoms in total. The number of para-hydroxylation sites is 1. The van der Waals surface area contributed by atoms with Crippen LogP contribution in [0, 0.1) is 0 Å². The number of nitrogens with zero attached hydrogens (tertiary/aromatic N) is 1. The molecule has 1 unspecified atom stereocenters. The fourth-order valence-electron chi connectivity index (χ4n) is 3.84. The minimum atomic E-state index is 0.0262. The molecule has 2 aromatic carbocycles. The fourth-order valence-corrected chi connectivity index (χ4v) is 3.84. The Kier molecular flexibility index (Phi) is 5.19. The summed E-state index contributed by atoms with van der Waals surface area (Å²) in [6, 6.07) is 14.0. The van der Waals surface area contributed by atoms with E-state index >= 15 is 0 Å². The number of ether oxygens (including phenoxy) is 3. The van der Waals surface area contributed by atoms with Gasteiger partial charge in [-0.2, -0.15) is 0 Å². The highest BCUT2D eigenvalue weighted by atomic mass is 16.6. The van der Waals surface area contributed by atoms with Gasteiger partial charge in [-0.15, -0.1) is 0 Å². The highest BCUT2D eigenvalue weighted by molar-refractivity contribution is 5.78. The van der Waals surface area contributed by atoms with Gasteiger partial charge in [0.2, 0.25) is 0 Å². The first-order chi connectivity index (χ1) is 13.3. The van der Waals surface area contributed by atoms with Gasteiger partial charge in [0.1, 0.15) is 19.0 Å². The van der Waals surface area contributed by atoms with Crippen LogP contribution in [0.5, 0.6) is 17.2 Å². The molecular weight excluding hydrogens is 342 g/mol. The van der Waals surface area contributed by atoms with Gasteiger partial charge in [-0.1, -0.05) is 31.2 Å². The number of hydrogen-bond acceptors (Lipinski definition) is 4. The van der Waals surface area contributed by atoms with Crippen LogP contribution in [-0.4, -0.2) is 37.2 Å². The maximum Gasteiger partial charge on any atom is 0.261 e. The molecule has 5 heteroatoms. The zero-order valence-electron chi connectivity index (χ0n) is 15.6. The number of likely N-dealkylation sites (tertiary alicyclic amines) is 1. The Bertz CT molecular complexity index is 820. The van der Waals surface area contributed by atoms with Gasteiger partial charge in [-0.05, 0) is 48.6 Å². The van der Waals surface area contributed by atoms with E-state index < -0.39 is 0 Å². The third kappa shape index (κ3) is 3.72. The van der Waals surface area contributed by atoms with Crippen LogP contribution in [0.25, 0.3) is 0 Å². The minimum Gasteiger partial charge on any atom is -0.486 e. The van der Waals surface area contributed by atoms with Gasteiger partial charge in [0.05, 0.1) is 6.04 Å². The van der Waals surface area contributed by atoms with Gasteiger partial charge in [0.15, 0.2) is 18.1 Å². The molecule has 0 bridgehead atoms. The summed E-state index contributed by atoms with van der Waals surface area (Å²) in [7, 11) is 0. The molecule has 1 fully saturated rings. The summed E-state index contributed by atoms with van der Waals surface area (Å²) < 4.78 is 17.1. The molecule has 1 atom stereocenters. The second-order valence-corrected chi connectivity index (χ2v) is 6.90. The quantitative estimate of drug-likeness (QED) is 0.807. The van der Waals surface area contributed by atoms with Crippen molar-refractivity contribution in [2.75, 3.05) is 26.4 Å². The van der Waals surface area contributed by atoms with Crippen LogP contribution in [0.1, 0.15) is 36.9 Å². The predicted molar refractivity (Wildman–Crippen MR) is 102 cm³/mol. The molecule has 0 radical (unpaired) electrons. The Morgan fingerprint density at radius 3 is 2.81 bits per heavy atom. The monoisotopic (exact) mass is 367 g/mol. The highest BCUT2D eigenvalue weighted by Crippen LogP contribution is 2.38. The smallest absolute Gasteiger partial charge is 0.261 e.